The third kappa shape index (κ3) is 4.14. The van der Waals surface area contributed by atoms with E-state index in [2.05, 4.69) is 5.32 Å². The topological polar surface area (TPSA) is 46.2 Å². The number of hydrogen-bond donors (Lipinski definition) is 1. The lowest BCUT2D eigenvalue weighted by Gasteiger charge is -2.13. The summed E-state index contributed by atoms with van der Waals surface area (Å²) in [6, 6.07) is 8.33. The normalized spacial score (nSPS) is 19.8. The van der Waals surface area contributed by atoms with Crippen LogP contribution in [0.3, 0.4) is 0 Å². The number of sulfone groups is 1. The van der Waals surface area contributed by atoms with Crippen LogP contribution in [-0.4, -0.2) is 31.2 Å². The van der Waals surface area contributed by atoms with E-state index in [9.17, 15) is 8.42 Å². The van der Waals surface area contributed by atoms with Gasteiger partial charge in [0, 0.05) is 17.5 Å². The van der Waals surface area contributed by atoms with Crippen molar-refractivity contribution in [2.24, 2.45) is 0 Å². The number of anilines is 1. The van der Waals surface area contributed by atoms with Gasteiger partial charge in [-0.3, -0.25) is 0 Å². The highest BCUT2D eigenvalue weighted by molar-refractivity contribution is 7.99. The van der Waals surface area contributed by atoms with Gasteiger partial charge >= 0.3 is 0 Å². The van der Waals surface area contributed by atoms with Gasteiger partial charge in [-0.15, -0.1) is 0 Å². The molecule has 0 bridgehead atoms. The molecule has 106 valence electrons. The van der Waals surface area contributed by atoms with Gasteiger partial charge in [0.25, 0.3) is 0 Å². The zero-order valence-electron chi connectivity index (χ0n) is 11.4. The minimum atomic E-state index is -3.01. The van der Waals surface area contributed by atoms with Crippen LogP contribution in [0.25, 0.3) is 0 Å². The van der Waals surface area contributed by atoms with E-state index in [0.29, 0.717) is 6.04 Å². The molecule has 3 nitrogen and oxygen atoms in total. The molecule has 19 heavy (non-hydrogen) atoms. The summed E-state index contributed by atoms with van der Waals surface area (Å²) in [5.41, 5.74) is 1.94. The molecular formula is C14H21NO2S2. The summed E-state index contributed by atoms with van der Waals surface area (Å²) in [6.07, 6.45) is 1.20. The van der Waals surface area contributed by atoms with Crippen molar-refractivity contribution in [3.63, 3.8) is 0 Å². The Bertz CT molecular complexity index is 503. The Morgan fingerprint density at radius 2 is 2.00 bits per heavy atom. The van der Waals surface area contributed by atoms with Crippen LogP contribution in [-0.2, 0) is 15.6 Å². The molecule has 2 rings (SSSR count). The second kappa shape index (κ2) is 6.18. The van der Waals surface area contributed by atoms with Crippen molar-refractivity contribution in [2.75, 3.05) is 16.8 Å². The third-order valence-electron chi connectivity index (χ3n) is 3.34. The molecule has 1 saturated heterocycles. The molecule has 0 aromatic heterocycles. The largest absolute Gasteiger partial charge is 0.381 e. The minimum Gasteiger partial charge on any atom is -0.381 e. The van der Waals surface area contributed by atoms with Gasteiger partial charge in [0.1, 0.15) is 0 Å². The standard InChI is InChI=1S/C14H21NO2S2/c1-11(2)19(16,17)10-12-3-5-13(6-4-12)15-14-7-8-18-9-14/h3-6,11,14-15H,7-10H2,1-2H3/t14-/m1/s1. The maximum atomic E-state index is 11.8. The molecule has 5 heteroatoms. The molecule has 0 amide bonds. The first-order valence-corrected chi connectivity index (χ1v) is 9.49. The molecule has 0 unspecified atom stereocenters. The van der Waals surface area contributed by atoms with Gasteiger partial charge in [-0.25, -0.2) is 8.42 Å². The van der Waals surface area contributed by atoms with Crippen LogP contribution in [0.15, 0.2) is 24.3 Å². The first-order chi connectivity index (χ1) is 8.97. The second-order valence-electron chi connectivity index (χ2n) is 5.26. The summed E-state index contributed by atoms with van der Waals surface area (Å²) in [5.74, 6) is 2.51. The van der Waals surface area contributed by atoms with Crippen molar-refractivity contribution in [3.8, 4) is 0 Å². The molecule has 0 spiro atoms. The Morgan fingerprint density at radius 1 is 1.32 bits per heavy atom. The van der Waals surface area contributed by atoms with Crippen LogP contribution in [0, 0.1) is 0 Å². The monoisotopic (exact) mass is 299 g/mol. The fourth-order valence-electron chi connectivity index (χ4n) is 1.98. The number of nitrogens with one attached hydrogen (secondary N) is 1. The number of benzene rings is 1. The predicted octanol–water partition coefficient (Wildman–Crippen LogP) is 2.93. The maximum Gasteiger partial charge on any atom is 0.156 e. The average molecular weight is 299 g/mol. The van der Waals surface area contributed by atoms with Crippen LogP contribution in [0.5, 0.6) is 0 Å². The van der Waals surface area contributed by atoms with Gasteiger partial charge in [-0.05, 0) is 43.7 Å². The lowest BCUT2D eigenvalue weighted by molar-refractivity contribution is 0.586. The van der Waals surface area contributed by atoms with Gasteiger partial charge in [-0.1, -0.05) is 12.1 Å². The number of rotatable bonds is 5. The second-order valence-corrected chi connectivity index (χ2v) is 8.96. The highest BCUT2D eigenvalue weighted by Crippen LogP contribution is 2.22. The summed E-state index contributed by atoms with van der Waals surface area (Å²) in [7, 11) is -3.01. The third-order valence-corrected chi connectivity index (χ3v) is 6.68. The molecule has 0 aliphatic carbocycles. The SMILES string of the molecule is CC(C)S(=O)(=O)Cc1ccc(N[C@@H]2CCSC2)cc1. The van der Waals surface area contributed by atoms with Crippen molar-refractivity contribution in [1.29, 1.82) is 0 Å². The van der Waals surface area contributed by atoms with Gasteiger partial charge in [0.05, 0.1) is 11.0 Å². The molecule has 1 fully saturated rings. The molecule has 0 radical (unpaired) electrons. The number of hydrogen-bond acceptors (Lipinski definition) is 4. The number of thioether (sulfide) groups is 1. The van der Waals surface area contributed by atoms with Crippen molar-refractivity contribution in [3.05, 3.63) is 29.8 Å². The molecule has 1 atom stereocenters. The Hall–Kier alpha value is -0.680. The summed E-state index contributed by atoms with van der Waals surface area (Å²) in [4.78, 5) is 0. The summed E-state index contributed by atoms with van der Waals surface area (Å²) in [5, 5.41) is 3.16. The fourth-order valence-corrected chi connectivity index (χ4v) is 4.12. The summed E-state index contributed by atoms with van der Waals surface area (Å²) < 4.78 is 23.7. The van der Waals surface area contributed by atoms with Crippen molar-refractivity contribution >= 4 is 27.3 Å². The lowest BCUT2D eigenvalue weighted by atomic mass is 10.2. The first kappa shape index (κ1) is 14.7. The molecule has 0 saturated carbocycles. The molecule has 1 heterocycles. The Balaban J connectivity index is 1.98. The zero-order valence-corrected chi connectivity index (χ0v) is 13.1. The van der Waals surface area contributed by atoms with Crippen molar-refractivity contribution in [2.45, 2.75) is 37.3 Å². The molecular weight excluding hydrogens is 278 g/mol. The highest BCUT2D eigenvalue weighted by Gasteiger charge is 2.17. The molecule has 1 aromatic rings. The van der Waals surface area contributed by atoms with Crippen LogP contribution in [0.1, 0.15) is 25.8 Å². The highest BCUT2D eigenvalue weighted by atomic mass is 32.2. The van der Waals surface area contributed by atoms with E-state index in [1.54, 1.807) is 13.8 Å². The smallest absolute Gasteiger partial charge is 0.156 e. The molecule has 1 aliphatic heterocycles. The summed E-state index contributed by atoms with van der Waals surface area (Å²) >= 11 is 1.97. The van der Waals surface area contributed by atoms with E-state index in [1.807, 2.05) is 36.0 Å². The Labute approximate surface area is 120 Å². The van der Waals surface area contributed by atoms with Crippen LogP contribution in [0.4, 0.5) is 5.69 Å². The Kier molecular flexibility index (Phi) is 4.79. The lowest BCUT2D eigenvalue weighted by Crippen LogP contribution is -2.18. The Morgan fingerprint density at radius 3 is 2.53 bits per heavy atom. The predicted molar refractivity (Wildman–Crippen MR) is 83.6 cm³/mol. The van der Waals surface area contributed by atoms with E-state index in [1.165, 1.54) is 12.2 Å². The van der Waals surface area contributed by atoms with E-state index >= 15 is 0 Å². The molecule has 1 aliphatic rings. The molecule has 1 aromatic carbocycles. The van der Waals surface area contributed by atoms with Crippen LogP contribution in [0.2, 0.25) is 0 Å². The maximum absolute atomic E-state index is 11.8. The van der Waals surface area contributed by atoms with Crippen molar-refractivity contribution < 1.29 is 8.42 Å². The zero-order chi connectivity index (χ0) is 13.9. The van der Waals surface area contributed by atoms with Gasteiger partial charge in [-0.2, -0.15) is 11.8 Å². The van der Waals surface area contributed by atoms with Crippen LogP contribution < -0.4 is 5.32 Å². The van der Waals surface area contributed by atoms with E-state index in [0.717, 1.165) is 17.0 Å². The van der Waals surface area contributed by atoms with E-state index in [-0.39, 0.29) is 11.0 Å². The molecule has 1 N–H and O–H groups in total. The quantitative estimate of drug-likeness (QED) is 0.908. The first-order valence-electron chi connectivity index (χ1n) is 6.62. The fraction of sp³-hybridized carbons (Fsp3) is 0.571. The van der Waals surface area contributed by atoms with Gasteiger partial charge in [0.15, 0.2) is 9.84 Å². The van der Waals surface area contributed by atoms with E-state index in [4.69, 9.17) is 0 Å². The minimum absolute atomic E-state index is 0.129. The summed E-state index contributed by atoms with van der Waals surface area (Å²) in [6.45, 7) is 3.45. The average Bonchev–Trinajstić information content (AvgIpc) is 2.84. The van der Waals surface area contributed by atoms with Gasteiger partial charge < -0.3 is 5.32 Å². The van der Waals surface area contributed by atoms with Crippen LogP contribution >= 0.6 is 11.8 Å². The van der Waals surface area contributed by atoms with Gasteiger partial charge in [0.2, 0.25) is 0 Å². The van der Waals surface area contributed by atoms with E-state index < -0.39 is 9.84 Å². The van der Waals surface area contributed by atoms with Crippen molar-refractivity contribution in [1.82, 2.24) is 0 Å².